The van der Waals surface area contributed by atoms with Gasteiger partial charge in [0, 0.05) is 22.5 Å². The van der Waals surface area contributed by atoms with Crippen LogP contribution in [0.4, 0.5) is 5.69 Å². The lowest BCUT2D eigenvalue weighted by Crippen LogP contribution is -2.27. The Kier molecular flexibility index (Phi) is 5.54. The molecule has 21 heavy (non-hydrogen) atoms. The van der Waals surface area contributed by atoms with Gasteiger partial charge in [-0.15, -0.1) is 11.8 Å². The Bertz CT molecular complexity index is 678. The van der Waals surface area contributed by atoms with Crippen LogP contribution in [0.25, 0.3) is 0 Å². The first-order chi connectivity index (χ1) is 10.1. The molecule has 0 fully saturated rings. The van der Waals surface area contributed by atoms with Crippen molar-refractivity contribution >= 4 is 27.5 Å². The second kappa shape index (κ2) is 7.39. The minimum Gasteiger partial charge on any atom is -0.399 e. The van der Waals surface area contributed by atoms with Gasteiger partial charge >= 0.3 is 0 Å². The zero-order valence-electron chi connectivity index (χ0n) is 11.3. The number of anilines is 1. The van der Waals surface area contributed by atoms with E-state index in [1.54, 1.807) is 24.4 Å². The van der Waals surface area contributed by atoms with Crippen LogP contribution in [0.1, 0.15) is 5.69 Å². The van der Waals surface area contributed by atoms with Crippen molar-refractivity contribution in [3.05, 3.63) is 48.3 Å². The fourth-order valence-electron chi connectivity index (χ4n) is 1.56. The summed E-state index contributed by atoms with van der Waals surface area (Å²) in [5.41, 5.74) is 6.93. The van der Waals surface area contributed by atoms with E-state index in [4.69, 9.17) is 5.73 Å². The molecule has 0 amide bonds. The number of hydrogen-bond donors (Lipinski definition) is 2. The van der Waals surface area contributed by atoms with Gasteiger partial charge in [0.2, 0.25) is 10.0 Å². The van der Waals surface area contributed by atoms with Crippen LogP contribution in [0.15, 0.2) is 47.5 Å². The third-order valence-electron chi connectivity index (χ3n) is 2.58. The topological polar surface area (TPSA) is 98.0 Å². The Morgan fingerprint density at radius 2 is 2.10 bits per heavy atom. The highest BCUT2D eigenvalue weighted by molar-refractivity contribution is 8.00. The van der Waals surface area contributed by atoms with E-state index < -0.39 is 10.0 Å². The normalized spacial score (nSPS) is 11.4. The Balaban J connectivity index is 1.79. The fourth-order valence-corrected chi connectivity index (χ4v) is 3.91. The molecule has 112 valence electrons. The largest absolute Gasteiger partial charge is 0.399 e. The molecule has 0 saturated heterocycles. The van der Waals surface area contributed by atoms with Gasteiger partial charge in [-0.1, -0.05) is 6.07 Å². The van der Waals surface area contributed by atoms with Crippen LogP contribution in [-0.4, -0.2) is 30.1 Å². The molecular formula is C13H16N4O2S2. The first-order valence-corrected chi connectivity index (χ1v) is 8.91. The Hall–Kier alpha value is -1.64. The van der Waals surface area contributed by atoms with Crippen molar-refractivity contribution in [3.63, 3.8) is 0 Å². The molecule has 0 aliphatic rings. The van der Waals surface area contributed by atoms with Gasteiger partial charge in [-0.2, -0.15) is 10.2 Å². The highest BCUT2D eigenvalue weighted by atomic mass is 32.2. The van der Waals surface area contributed by atoms with Gasteiger partial charge in [0.15, 0.2) is 0 Å². The smallest absolute Gasteiger partial charge is 0.212 e. The predicted octanol–water partition coefficient (Wildman–Crippen LogP) is 1.27. The molecule has 2 aromatic rings. The summed E-state index contributed by atoms with van der Waals surface area (Å²) in [7, 11) is -3.33. The molecule has 0 saturated carbocycles. The summed E-state index contributed by atoms with van der Waals surface area (Å²) in [6.07, 6.45) is 1.54. The van der Waals surface area contributed by atoms with Gasteiger partial charge in [0.1, 0.15) is 0 Å². The number of nitrogens with one attached hydrogen (secondary N) is 1. The van der Waals surface area contributed by atoms with Gasteiger partial charge in [0.05, 0.1) is 18.0 Å². The molecule has 2 rings (SSSR count). The highest BCUT2D eigenvalue weighted by Gasteiger charge is 2.10. The summed E-state index contributed by atoms with van der Waals surface area (Å²) in [4.78, 5) is 0.958. The van der Waals surface area contributed by atoms with Crippen LogP contribution in [0.2, 0.25) is 0 Å². The van der Waals surface area contributed by atoms with Gasteiger partial charge < -0.3 is 5.73 Å². The van der Waals surface area contributed by atoms with Crippen LogP contribution >= 0.6 is 11.8 Å². The molecule has 3 N–H and O–H groups in total. The number of nitrogen functional groups attached to an aromatic ring is 1. The van der Waals surface area contributed by atoms with Crippen molar-refractivity contribution in [2.24, 2.45) is 0 Å². The maximum Gasteiger partial charge on any atom is 0.212 e. The molecule has 8 heteroatoms. The quantitative estimate of drug-likeness (QED) is 0.588. The molecule has 1 heterocycles. The summed E-state index contributed by atoms with van der Waals surface area (Å²) in [5.74, 6) is 0.492. The molecule has 0 radical (unpaired) electrons. The minimum atomic E-state index is -3.33. The Morgan fingerprint density at radius 1 is 1.24 bits per heavy atom. The molecular weight excluding hydrogens is 308 g/mol. The van der Waals surface area contributed by atoms with Crippen LogP contribution in [0.3, 0.4) is 0 Å². The number of aromatic nitrogens is 2. The van der Waals surface area contributed by atoms with Gasteiger partial charge in [0.25, 0.3) is 0 Å². The first-order valence-electron chi connectivity index (χ1n) is 6.27. The second-order valence-corrected chi connectivity index (χ2v) is 7.37. The molecule has 0 spiro atoms. The van der Waals surface area contributed by atoms with E-state index in [9.17, 15) is 8.42 Å². The molecule has 0 atom stereocenters. The Labute approximate surface area is 128 Å². The zero-order chi connectivity index (χ0) is 15.1. The summed E-state index contributed by atoms with van der Waals surface area (Å²) in [5, 5.41) is 7.52. The van der Waals surface area contributed by atoms with Crippen molar-refractivity contribution in [2.75, 3.05) is 17.2 Å². The average Bonchev–Trinajstić information content (AvgIpc) is 2.46. The summed E-state index contributed by atoms with van der Waals surface area (Å²) in [6, 6.07) is 10.8. The molecule has 1 aromatic heterocycles. The van der Waals surface area contributed by atoms with Gasteiger partial charge in [-0.3, -0.25) is 0 Å². The number of hydrogen-bond acceptors (Lipinski definition) is 6. The van der Waals surface area contributed by atoms with E-state index in [2.05, 4.69) is 14.9 Å². The van der Waals surface area contributed by atoms with E-state index in [0.717, 1.165) is 4.90 Å². The lowest BCUT2D eigenvalue weighted by atomic mass is 10.3. The van der Waals surface area contributed by atoms with Crippen molar-refractivity contribution in [1.29, 1.82) is 0 Å². The van der Waals surface area contributed by atoms with E-state index in [1.807, 2.05) is 18.2 Å². The number of thioether (sulfide) groups is 1. The molecule has 6 nitrogen and oxygen atoms in total. The molecule has 0 aliphatic carbocycles. The van der Waals surface area contributed by atoms with Crippen molar-refractivity contribution in [2.45, 2.75) is 11.4 Å². The number of nitrogens with zero attached hydrogens (tertiary/aromatic N) is 2. The number of rotatable bonds is 7. The maximum absolute atomic E-state index is 11.9. The van der Waals surface area contributed by atoms with E-state index in [-0.39, 0.29) is 12.3 Å². The minimum absolute atomic E-state index is 0.0345. The van der Waals surface area contributed by atoms with E-state index in [0.29, 0.717) is 17.1 Å². The van der Waals surface area contributed by atoms with Crippen molar-refractivity contribution < 1.29 is 8.42 Å². The number of benzene rings is 1. The summed E-state index contributed by atoms with van der Waals surface area (Å²) >= 11 is 1.46. The van der Waals surface area contributed by atoms with Crippen LogP contribution < -0.4 is 10.5 Å². The number of sulfonamides is 1. The zero-order valence-corrected chi connectivity index (χ0v) is 12.9. The molecule has 0 unspecified atom stereocenters. The Morgan fingerprint density at radius 3 is 2.81 bits per heavy atom. The third kappa shape index (κ3) is 5.70. The van der Waals surface area contributed by atoms with Crippen LogP contribution in [0.5, 0.6) is 0 Å². The van der Waals surface area contributed by atoms with Crippen LogP contribution in [-0.2, 0) is 16.6 Å². The highest BCUT2D eigenvalue weighted by Crippen LogP contribution is 2.20. The van der Waals surface area contributed by atoms with Gasteiger partial charge in [-0.25, -0.2) is 13.1 Å². The summed E-state index contributed by atoms with van der Waals surface area (Å²) < 4.78 is 26.2. The second-order valence-electron chi connectivity index (χ2n) is 4.28. The average molecular weight is 324 g/mol. The van der Waals surface area contributed by atoms with Gasteiger partial charge in [-0.05, 0) is 30.3 Å². The van der Waals surface area contributed by atoms with Crippen molar-refractivity contribution in [3.8, 4) is 0 Å². The molecule has 1 aromatic carbocycles. The first kappa shape index (κ1) is 15.7. The standard InChI is InChI=1S/C13H16N4O2S2/c14-11-3-1-5-13(9-11)20-7-8-21(18,19)16-10-12-4-2-6-15-17-12/h1-6,9,16H,7-8,10,14H2. The van der Waals surface area contributed by atoms with Crippen molar-refractivity contribution in [1.82, 2.24) is 14.9 Å². The predicted molar refractivity (Wildman–Crippen MR) is 84.2 cm³/mol. The molecule has 0 bridgehead atoms. The fraction of sp³-hybridized carbons (Fsp3) is 0.231. The summed E-state index contributed by atoms with van der Waals surface area (Å²) in [6.45, 7) is 0.152. The third-order valence-corrected chi connectivity index (χ3v) is 5.16. The lowest BCUT2D eigenvalue weighted by Gasteiger charge is -2.06. The SMILES string of the molecule is Nc1cccc(SCCS(=O)(=O)NCc2cccnn2)c1. The van der Waals surface area contributed by atoms with E-state index in [1.165, 1.54) is 11.8 Å². The molecule has 0 aliphatic heterocycles. The maximum atomic E-state index is 11.9. The van der Waals surface area contributed by atoms with E-state index >= 15 is 0 Å². The van der Waals surface area contributed by atoms with Crippen LogP contribution in [0, 0.1) is 0 Å². The number of nitrogens with two attached hydrogens (primary N) is 1. The lowest BCUT2D eigenvalue weighted by molar-refractivity contribution is 0.581. The monoisotopic (exact) mass is 324 g/mol.